The second kappa shape index (κ2) is 8.03. The van der Waals surface area contributed by atoms with E-state index in [4.69, 9.17) is 10.7 Å². The predicted octanol–water partition coefficient (Wildman–Crippen LogP) is -1.12. The van der Waals surface area contributed by atoms with Gasteiger partial charge in [-0.25, -0.2) is 21.2 Å². The molecule has 3 aliphatic rings. The fourth-order valence-corrected chi connectivity index (χ4v) is 3.57. The molecular formula is C17H22N8O4. The van der Waals surface area contributed by atoms with Gasteiger partial charge in [-0.1, -0.05) is 30.3 Å². The Hall–Kier alpha value is -3.22. The van der Waals surface area contributed by atoms with Crippen molar-refractivity contribution in [2.45, 2.75) is 31.5 Å². The van der Waals surface area contributed by atoms with Gasteiger partial charge in [0.2, 0.25) is 0 Å². The third kappa shape index (κ3) is 3.85. The summed E-state index contributed by atoms with van der Waals surface area (Å²) in [6.45, 7) is 0.405. The van der Waals surface area contributed by atoms with Crippen molar-refractivity contribution in [1.82, 2.24) is 31.1 Å². The Labute approximate surface area is 166 Å². The van der Waals surface area contributed by atoms with Crippen LogP contribution in [-0.2, 0) is 21.0 Å². The normalized spacial score (nSPS) is 23.1. The summed E-state index contributed by atoms with van der Waals surface area (Å²) in [5, 5.41) is 6.84. The van der Waals surface area contributed by atoms with Crippen LogP contribution in [-0.4, -0.2) is 69.4 Å². The van der Waals surface area contributed by atoms with Gasteiger partial charge in [0.1, 0.15) is 25.5 Å². The van der Waals surface area contributed by atoms with Gasteiger partial charge in [0.15, 0.2) is 0 Å². The molecule has 0 saturated carbocycles. The molecule has 0 spiro atoms. The van der Waals surface area contributed by atoms with E-state index in [0.717, 1.165) is 5.56 Å². The molecule has 1 aromatic rings. The number of hydrogen-bond donors (Lipinski definition) is 3. The zero-order chi connectivity index (χ0) is 20.4. The number of benzene rings is 1. The Morgan fingerprint density at radius 1 is 1.28 bits per heavy atom. The van der Waals surface area contributed by atoms with Crippen LogP contribution < -0.4 is 16.8 Å². The van der Waals surface area contributed by atoms with Gasteiger partial charge in [-0.2, -0.15) is 10.2 Å². The van der Waals surface area contributed by atoms with Crippen LogP contribution in [0.5, 0.6) is 0 Å². The number of nitrogens with one attached hydrogen (secondary N) is 2. The molecule has 12 nitrogen and oxygen atoms in total. The Morgan fingerprint density at radius 3 is 2.79 bits per heavy atom. The molecule has 3 aliphatic heterocycles. The zero-order valence-corrected chi connectivity index (χ0v) is 15.6. The van der Waals surface area contributed by atoms with Crippen LogP contribution in [0.3, 0.4) is 0 Å². The molecular weight excluding hydrogens is 380 g/mol. The van der Waals surface area contributed by atoms with Crippen molar-refractivity contribution in [3.63, 3.8) is 0 Å². The highest BCUT2D eigenvalue weighted by Gasteiger charge is 2.49. The lowest BCUT2D eigenvalue weighted by atomic mass is 10.00. The highest BCUT2D eigenvalue weighted by Crippen LogP contribution is 2.31. The Bertz CT molecular complexity index is 811. The van der Waals surface area contributed by atoms with Crippen molar-refractivity contribution in [3.8, 4) is 0 Å². The lowest BCUT2D eigenvalue weighted by Crippen LogP contribution is -2.58. The Kier molecular flexibility index (Phi) is 5.29. The van der Waals surface area contributed by atoms with Gasteiger partial charge in [-0.3, -0.25) is 19.9 Å². The summed E-state index contributed by atoms with van der Waals surface area (Å²) < 4.78 is 0. The molecule has 2 fully saturated rings. The SMILES string of the molecule is NN(C(=O)CN1NC=NN1)C(=O)[C@@H]1CC[C@@H]2CN1C(=O)N2OCc1ccccc1. The third-order valence-corrected chi connectivity index (χ3v) is 5.08. The van der Waals surface area contributed by atoms with E-state index in [-0.39, 0.29) is 25.2 Å². The second-order valence-corrected chi connectivity index (χ2v) is 6.94. The average molecular weight is 402 g/mol. The number of piperidine rings is 1. The first-order valence-corrected chi connectivity index (χ1v) is 9.23. The molecule has 29 heavy (non-hydrogen) atoms. The molecule has 2 saturated heterocycles. The molecule has 4 N–H and O–H groups in total. The molecule has 0 radical (unpaired) electrons. The van der Waals surface area contributed by atoms with Crippen molar-refractivity contribution in [2.24, 2.45) is 10.9 Å². The predicted molar refractivity (Wildman–Crippen MR) is 99.5 cm³/mol. The van der Waals surface area contributed by atoms with E-state index in [0.29, 0.717) is 24.4 Å². The minimum atomic E-state index is -0.797. The van der Waals surface area contributed by atoms with Crippen LogP contribution in [0.1, 0.15) is 18.4 Å². The van der Waals surface area contributed by atoms with E-state index in [1.165, 1.54) is 21.4 Å². The second-order valence-electron chi connectivity index (χ2n) is 6.94. The number of fused-ring (bicyclic) bond motifs is 2. The molecule has 1 aromatic carbocycles. The van der Waals surface area contributed by atoms with Crippen LogP contribution in [0.2, 0.25) is 0 Å². The van der Waals surface area contributed by atoms with Crippen LogP contribution in [0.4, 0.5) is 4.79 Å². The number of urea groups is 1. The van der Waals surface area contributed by atoms with Gasteiger partial charge in [0.25, 0.3) is 11.8 Å². The standard InChI is InChI=1S/C17H22N8O4/c18-24(15(26)9-23-20-11-19-21-23)16(27)14-7-6-13-8-22(14)17(28)25(13)29-10-12-4-2-1-3-5-12/h1-5,11,13-14,21H,6-10,18H2,(H,19,20)/t13-,14+/m1/s1. The van der Waals surface area contributed by atoms with E-state index in [9.17, 15) is 14.4 Å². The van der Waals surface area contributed by atoms with Gasteiger partial charge in [0.05, 0.1) is 6.04 Å². The molecule has 0 unspecified atom stereocenters. The van der Waals surface area contributed by atoms with Crippen LogP contribution in [0.25, 0.3) is 0 Å². The van der Waals surface area contributed by atoms with Crippen molar-refractivity contribution in [1.29, 1.82) is 0 Å². The van der Waals surface area contributed by atoms with E-state index < -0.39 is 17.9 Å². The van der Waals surface area contributed by atoms with E-state index >= 15 is 0 Å². The monoisotopic (exact) mass is 402 g/mol. The largest absolute Gasteiger partial charge is 0.345 e. The molecule has 4 amide bonds. The lowest BCUT2D eigenvalue weighted by Gasteiger charge is -2.31. The Morgan fingerprint density at radius 2 is 2.07 bits per heavy atom. The quantitative estimate of drug-likeness (QED) is 0.309. The van der Waals surface area contributed by atoms with Crippen LogP contribution in [0.15, 0.2) is 35.4 Å². The number of imide groups is 1. The maximum absolute atomic E-state index is 12.8. The number of hydrogen-bond acceptors (Lipinski definition) is 9. The number of carbonyl (C=O) groups is 3. The minimum Gasteiger partial charge on any atom is -0.309 e. The van der Waals surface area contributed by atoms with Gasteiger partial charge in [-0.05, 0) is 18.4 Å². The molecule has 0 aliphatic carbocycles. The average Bonchev–Trinajstić information content (AvgIpc) is 3.33. The number of carbonyl (C=O) groups excluding carboxylic acids is 3. The molecule has 2 atom stereocenters. The van der Waals surface area contributed by atoms with E-state index in [2.05, 4.69) is 16.1 Å². The summed E-state index contributed by atoms with van der Waals surface area (Å²) in [4.78, 5) is 44.9. The zero-order valence-electron chi connectivity index (χ0n) is 15.6. The molecule has 12 heteroatoms. The van der Waals surface area contributed by atoms with Crippen molar-refractivity contribution >= 4 is 24.2 Å². The first kappa shape index (κ1) is 19.1. The highest BCUT2D eigenvalue weighted by atomic mass is 16.7. The number of rotatable bonds is 6. The first-order valence-electron chi connectivity index (χ1n) is 9.23. The molecule has 154 valence electrons. The fourth-order valence-electron chi connectivity index (χ4n) is 3.57. The third-order valence-electron chi connectivity index (χ3n) is 5.08. The van der Waals surface area contributed by atoms with Gasteiger partial charge in [-0.15, -0.1) is 5.12 Å². The summed E-state index contributed by atoms with van der Waals surface area (Å²) in [6, 6.07) is 8.20. The number of hydrazine groups is 3. The van der Waals surface area contributed by atoms with Gasteiger partial charge < -0.3 is 4.90 Å². The molecule has 4 rings (SSSR count). The van der Waals surface area contributed by atoms with Crippen LogP contribution >= 0.6 is 0 Å². The summed E-state index contributed by atoms with van der Waals surface area (Å²) in [6.07, 6.45) is 2.34. The number of nitrogens with zero attached hydrogens (tertiary/aromatic N) is 5. The molecule has 0 aromatic heterocycles. The maximum Gasteiger partial charge on any atom is 0.345 e. The number of hydroxylamine groups is 2. The van der Waals surface area contributed by atoms with Gasteiger partial charge >= 0.3 is 6.03 Å². The van der Waals surface area contributed by atoms with E-state index in [1.54, 1.807) is 0 Å². The number of amides is 4. The smallest absolute Gasteiger partial charge is 0.309 e. The fraction of sp³-hybridized carbons (Fsp3) is 0.412. The van der Waals surface area contributed by atoms with Crippen molar-refractivity contribution < 1.29 is 19.2 Å². The topological polar surface area (TPSA) is 136 Å². The first-order chi connectivity index (χ1) is 14.0. The molecule has 3 heterocycles. The summed E-state index contributed by atoms with van der Waals surface area (Å²) in [5.41, 5.74) is 6.11. The number of nitrogens with two attached hydrogens (primary N) is 1. The highest BCUT2D eigenvalue weighted by molar-refractivity contribution is 5.99. The Balaban J connectivity index is 1.36. The molecule has 2 bridgehead atoms. The summed E-state index contributed by atoms with van der Waals surface area (Å²) >= 11 is 0. The lowest BCUT2D eigenvalue weighted by molar-refractivity contribution is -0.150. The summed E-state index contributed by atoms with van der Waals surface area (Å²) in [5.74, 6) is 4.49. The van der Waals surface area contributed by atoms with Crippen LogP contribution in [0, 0.1) is 0 Å². The minimum absolute atomic E-state index is 0.132. The number of hydrazone groups is 1. The van der Waals surface area contributed by atoms with Crippen molar-refractivity contribution in [3.05, 3.63) is 35.9 Å². The van der Waals surface area contributed by atoms with Gasteiger partial charge in [0, 0.05) is 6.54 Å². The summed E-state index contributed by atoms with van der Waals surface area (Å²) in [7, 11) is 0. The van der Waals surface area contributed by atoms with E-state index in [1.807, 2.05) is 30.3 Å². The van der Waals surface area contributed by atoms with Crippen molar-refractivity contribution in [2.75, 3.05) is 13.1 Å². The maximum atomic E-state index is 12.8.